The molecule has 0 aliphatic carbocycles. The van der Waals surface area contributed by atoms with Crippen molar-refractivity contribution in [2.45, 2.75) is 39.3 Å². The maximum absolute atomic E-state index is 4.56. The van der Waals surface area contributed by atoms with E-state index in [0.29, 0.717) is 12.0 Å². The number of aromatic nitrogens is 1. The Kier molecular flexibility index (Phi) is 5.82. The summed E-state index contributed by atoms with van der Waals surface area (Å²) in [4.78, 5) is 4.56. The Bertz CT molecular complexity index is 959. The molecule has 29 heavy (non-hydrogen) atoms. The quantitative estimate of drug-likeness (QED) is 0.373. The monoisotopic (exact) mass is 385 g/mol. The Morgan fingerprint density at radius 3 is 2.66 bits per heavy atom. The SMILES string of the molecule is C=CC1C[N+](Cc2ccccc2)(C(C)Cc2ccnc3ccccc23)CCC1C. The average Bonchev–Trinajstić information content (AvgIpc) is 2.76. The van der Waals surface area contributed by atoms with E-state index in [2.05, 4.69) is 92.2 Å². The van der Waals surface area contributed by atoms with Gasteiger partial charge in [0.1, 0.15) is 6.54 Å². The number of hydrogen-bond acceptors (Lipinski definition) is 1. The van der Waals surface area contributed by atoms with Crippen LogP contribution in [0.3, 0.4) is 0 Å². The van der Waals surface area contributed by atoms with Crippen LogP contribution in [0.25, 0.3) is 10.9 Å². The van der Waals surface area contributed by atoms with Crippen LogP contribution in [0.5, 0.6) is 0 Å². The molecule has 0 amide bonds. The van der Waals surface area contributed by atoms with Gasteiger partial charge in [-0.2, -0.15) is 0 Å². The maximum atomic E-state index is 4.56. The van der Waals surface area contributed by atoms with Crippen molar-refractivity contribution in [1.29, 1.82) is 0 Å². The summed E-state index contributed by atoms with van der Waals surface area (Å²) in [6.45, 7) is 12.5. The van der Waals surface area contributed by atoms with Gasteiger partial charge in [-0.15, -0.1) is 6.58 Å². The molecule has 0 spiro atoms. The van der Waals surface area contributed by atoms with Gasteiger partial charge < -0.3 is 4.48 Å². The molecule has 0 saturated carbocycles. The molecular weight excluding hydrogens is 352 g/mol. The van der Waals surface area contributed by atoms with E-state index < -0.39 is 0 Å². The third-order valence-corrected chi connectivity index (χ3v) is 7.17. The van der Waals surface area contributed by atoms with Crippen molar-refractivity contribution in [2.24, 2.45) is 11.8 Å². The fourth-order valence-corrected chi connectivity index (χ4v) is 5.16. The van der Waals surface area contributed by atoms with Crippen LogP contribution < -0.4 is 0 Å². The van der Waals surface area contributed by atoms with Crippen LogP contribution in [0, 0.1) is 11.8 Å². The molecule has 1 aliphatic rings. The van der Waals surface area contributed by atoms with E-state index in [9.17, 15) is 0 Å². The number of benzene rings is 2. The Morgan fingerprint density at radius 1 is 1.10 bits per heavy atom. The summed E-state index contributed by atoms with van der Waals surface area (Å²) in [5.41, 5.74) is 3.96. The first-order valence-corrected chi connectivity index (χ1v) is 11.0. The van der Waals surface area contributed by atoms with Crippen LogP contribution >= 0.6 is 0 Å². The largest absolute Gasteiger partial charge is 0.317 e. The van der Waals surface area contributed by atoms with Crippen molar-refractivity contribution >= 4 is 10.9 Å². The van der Waals surface area contributed by atoms with E-state index in [1.54, 1.807) is 0 Å². The molecule has 2 nitrogen and oxygen atoms in total. The minimum absolute atomic E-state index is 0.538. The first kappa shape index (κ1) is 19.8. The Morgan fingerprint density at radius 2 is 1.86 bits per heavy atom. The second kappa shape index (κ2) is 8.51. The number of rotatable bonds is 6. The van der Waals surface area contributed by atoms with Crippen LogP contribution in [-0.2, 0) is 13.0 Å². The van der Waals surface area contributed by atoms with Gasteiger partial charge in [-0.1, -0.05) is 61.5 Å². The highest BCUT2D eigenvalue weighted by Gasteiger charge is 2.41. The highest BCUT2D eigenvalue weighted by atomic mass is 15.4. The molecule has 3 aromatic rings. The summed E-state index contributed by atoms with van der Waals surface area (Å²) in [5.74, 6) is 1.31. The topological polar surface area (TPSA) is 12.9 Å². The van der Waals surface area contributed by atoms with Crippen LogP contribution in [-0.4, -0.2) is 28.6 Å². The van der Waals surface area contributed by atoms with Crippen LogP contribution in [0.1, 0.15) is 31.4 Å². The molecule has 4 unspecified atom stereocenters. The smallest absolute Gasteiger partial charge is 0.105 e. The molecule has 1 fully saturated rings. The number of hydrogen-bond donors (Lipinski definition) is 0. The second-order valence-electron chi connectivity index (χ2n) is 8.97. The lowest BCUT2D eigenvalue weighted by molar-refractivity contribution is -0.969. The number of quaternary nitrogens is 1. The van der Waals surface area contributed by atoms with Gasteiger partial charge in [0.25, 0.3) is 0 Å². The third-order valence-electron chi connectivity index (χ3n) is 7.17. The van der Waals surface area contributed by atoms with Gasteiger partial charge in [0.15, 0.2) is 0 Å². The normalized spacial score (nSPS) is 25.6. The summed E-state index contributed by atoms with van der Waals surface area (Å²) < 4.78 is 1.14. The standard InChI is InChI=1S/C27H33N2/c1-4-24-20-29(17-15-21(24)2,19-23-10-6-5-7-11-23)22(3)18-25-14-16-28-27-13-9-8-12-26(25)27/h4-14,16,21-22,24H,1,15,17-20H2,2-3H3/q+1. The van der Waals surface area contributed by atoms with Gasteiger partial charge >= 0.3 is 0 Å². The molecule has 0 bridgehead atoms. The number of piperidine rings is 1. The lowest BCUT2D eigenvalue weighted by atomic mass is 9.83. The minimum atomic E-state index is 0.538. The predicted molar refractivity (Wildman–Crippen MR) is 123 cm³/mol. The first-order valence-electron chi connectivity index (χ1n) is 11.0. The van der Waals surface area contributed by atoms with Crippen LogP contribution in [0.15, 0.2) is 79.5 Å². The second-order valence-corrected chi connectivity index (χ2v) is 8.97. The zero-order chi connectivity index (χ0) is 20.3. The molecule has 1 aromatic heterocycles. The van der Waals surface area contributed by atoms with E-state index in [1.807, 2.05) is 6.20 Å². The summed E-state index contributed by atoms with van der Waals surface area (Å²) in [5, 5.41) is 1.30. The van der Waals surface area contributed by atoms with Crippen molar-refractivity contribution in [3.63, 3.8) is 0 Å². The van der Waals surface area contributed by atoms with E-state index in [4.69, 9.17) is 0 Å². The summed E-state index contributed by atoms with van der Waals surface area (Å²) in [6, 6.07) is 22.3. The number of para-hydroxylation sites is 1. The molecule has 0 N–H and O–H groups in total. The molecule has 2 heteroatoms. The van der Waals surface area contributed by atoms with Crippen molar-refractivity contribution in [3.8, 4) is 0 Å². The Labute approximate surface area is 175 Å². The zero-order valence-corrected chi connectivity index (χ0v) is 17.8. The molecule has 0 radical (unpaired) electrons. The molecule has 1 aliphatic heterocycles. The van der Waals surface area contributed by atoms with Crippen LogP contribution in [0.4, 0.5) is 0 Å². The van der Waals surface area contributed by atoms with Gasteiger partial charge in [-0.3, -0.25) is 4.98 Å². The third kappa shape index (κ3) is 4.13. The summed E-state index contributed by atoms with van der Waals surface area (Å²) in [7, 11) is 0. The molecule has 2 heterocycles. The van der Waals surface area contributed by atoms with Crippen molar-refractivity contribution in [2.75, 3.05) is 13.1 Å². The van der Waals surface area contributed by atoms with Crippen molar-refractivity contribution in [1.82, 2.24) is 4.98 Å². The van der Waals surface area contributed by atoms with Crippen LogP contribution in [0.2, 0.25) is 0 Å². The molecular formula is C27H33N2+. The fourth-order valence-electron chi connectivity index (χ4n) is 5.16. The fraction of sp³-hybridized carbons (Fsp3) is 0.370. The number of likely N-dealkylation sites (tertiary alicyclic amines) is 1. The lowest BCUT2D eigenvalue weighted by Gasteiger charge is -2.50. The molecule has 2 aromatic carbocycles. The highest BCUT2D eigenvalue weighted by Crippen LogP contribution is 2.35. The summed E-state index contributed by atoms with van der Waals surface area (Å²) >= 11 is 0. The van der Waals surface area contributed by atoms with Gasteiger partial charge in [0, 0.05) is 29.5 Å². The predicted octanol–water partition coefficient (Wildman–Crippen LogP) is 6.02. The summed E-state index contributed by atoms with van der Waals surface area (Å²) in [6.07, 6.45) is 6.52. The van der Waals surface area contributed by atoms with E-state index in [1.165, 1.54) is 36.0 Å². The molecule has 150 valence electrons. The molecule has 4 atom stereocenters. The van der Waals surface area contributed by atoms with Gasteiger partial charge in [0.2, 0.25) is 0 Å². The van der Waals surface area contributed by atoms with Crippen molar-refractivity contribution in [3.05, 3.63) is 90.6 Å². The van der Waals surface area contributed by atoms with E-state index in [0.717, 1.165) is 28.9 Å². The number of fused-ring (bicyclic) bond motifs is 1. The van der Waals surface area contributed by atoms with E-state index >= 15 is 0 Å². The zero-order valence-electron chi connectivity index (χ0n) is 17.8. The molecule has 4 rings (SSSR count). The van der Waals surface area contributed by atoms with Crippen molar-refractivity contribution < 1.29 is 4.48 Å². The Hall–Kier alpha value is -2.45. The number of pyridine rings is 1. The lowest BCUT2D eigenvalue weighted by Crippen LogP contribution is -2.60. The Balaban J connectivity index is 1.67. The number of nitrogens with zero attached hydrogens (tertiary/aromatic N) is 2. The van der Waals surface area contributed by atoms with Gasteiger partial charge in [0.05, 0.1) is 24.6 Å². The average molecular weight is 386 g/mol. The van der Waals surface area contributed by atoms with Gasteiger partial charge in [-0.05, 0) is 37.0 Å². The molecule has 1 saturated heterocycles. The maximum Gasteiger partial charge on any atom is 0.105 e. The van der Waals surface area contributed by atoms with Gasteiger partial charge in [-0.25, -0.2) is 0 Å². The van der Waals surface area contributed by atoms with E-state index in [-0.39, 0.29) is 0 Å². The minimum Gasteiger partial charge on any atom is -0.317 e. The first-order chi connectivity index (χ1) is 14.1. The highest BCUT2D eigenvalue weighted by molar-refractivity contribution is 5.81.